The number of likely N-dealkylation sites (N-methyl/N-ethyl adjacent to an activating group) is 2. The zero-order valence-electron chi connectivity index (χ0n) is 29.5. The lowest BCUT2D eigenvalue weighted by Gasteiger charge is -2.29. The Balaban J connectivity index is 1.16. The van der Waals surface area contributed by atoms with Gasteiger partial charge in [-0.25, -0.2) is 0 Å². The number of thioether (sulfide) groups is 1. The lowest BCUT2D eigenvalue weighted by Crippen LogP contribution is -2.48. The SMILES string of the molecule is CN1CC(=O)N2C[C@H](NC(=O)CCc3ccncc3)C[C@H]2CSc2cccc(c2)C(=O)N(C)[C@@H](C(=O)NCc2ccc3ccccc3c2)CCC1=O. The zero-order chi connectivity index (χ0) is 36.6. The molecule has 1 saturated heterocycles. The summed E-state index contributed by atoms with van der Waals surface area (Å²) in [7, 11) is 3.17. The van der Waals surface area contributed by atoms with Gasteiger partial charge in [0.05, 0.1) is 6.54 Å². The number of carbonyl (C=O) groups is 5. The molecule has 270 valence electrons. The van der Waals surface area contributed by atoms with Crippen molar-refractivity contribution >= 4 is 52.1 Å². The molecule has 6 rings (SSSR count). The number of carbonyl (C=O) groups excluding carboxylic acids is 5. The van der Waals surface area contributed by atoms with Crippen LogP contribution in [0.3, 0.4) is 0 Å². The van der Waals surface area contributed by atoms with Crippen molar-refractivity contribution in [3.05, 3.63) is 108 Å². The van der Waals surface area contributed by atoms with E-state index in [0.717, 1.165) is 26.8 Å². The van der Waals surface area contributed by atoms with Gasteiger partial charge < -0.3 is 25.3 Å². The summed E-state index contributed by atoms with van der Waals surface area (Å²) in [4.78, 5) is 77.0. The van der Waals surface area contributed by atoms with Gasteiger partial charge in [-0.3, -0.25) is 29.0 Å². The molecule has 11 nitrogen and oxygen atoms in total. The van der Waals surface area contributed by atoms with Crippen molar-refractivity contribution in [2.75, 3.05) is 32.9 Å². The number of nitrogens with zero attached hydrogens (tertiary/aromatic N) is 4. The van der Waals surface area contributed by atoms with Crippen molar-refractivity contribution in [3.8, 4) is 0 Å². The van der Waals surface area contributed by atoms with Gasteiger partial charge in [-0.15, -0.1) is 11.8 Å². The number of hydrogen-bond acceptors (Lipinski definition) is 7. The molecule has 3 heterocycles. The number of aromatic nitrogens is 1. The average Bonchev–Trinajstić information content (AvgIpc) is 3.57. The zero-order valence-corrected chi connectivity index (χ0v) is 30.3. The molecule has 0 unspecified atom stereocenters. The van der Waals surface area contributed by atoms with Crippen LogP contribution in [0.15, 0.2) is 96.2 Å². The third kappa shape index (κ3) is 9.16. The van der Waals surface area contributed by atoms with Crippen LogP contribution in [0.4, 0.5) is 0 Å². The van der Waals surface area contributed by atoms with Crippen molar-refractivity contribution in [2.24, 2.45) is 0 Å². The molecule has 1 aromatic heterocycles. The van der Waals surface area contributed by atoms with Gasteiger partial charge in [0.25, 0.3) is 5.91 Å². The van der Waals surface area contributed by atoms with Gasteiger partial charge in [-0.05, 0) is 77.6 Å². The van der Waals surface area contributed by atoms with E-state index in [1.165, 1.54) is 21.6 Å². The summed E-state index contributed by atoms with van der Waals surface area (Å²) in [5.41, 5.74) is 2.37. The van der Waals surface area contributed by atoms with Gasteiger partial charge >= 0.3 is 0 Å². The van der Waals surface area contributed by atoms with E-state index in [4.69, 9.17) is 0 Å². The highest BCUT2D eigenvalue weighted by Gasteiger charge is 2.37. The Morgan fingerprint density at radius 3 is 2.48 bits per heavy atom. The largest absolute Gasteiger partial charge is 0.351 e. The van der Waals surface area contributed by atoms with E-state index in [1.807, 2.05) is 66.7 Å². The third-order valence-corrected chi connectivity index (χ3v) is 11.0. The van der Waals surface area contributed by atoms with E-state index in [-0.39, 0.29) is 67.6 Å². The molecule has 52 heavy (non-hydrogen) atoms. The maximum absolute atomic E-state index is 13.8. The van der Waals surface area contributed by atoms with Gasteiger partial charge in [-0.1, -0.05) is 42.5 Å². The van der Waals surface area contributed by atoms with Crippen LogP contribution in [-0.4, -0.2) is 100 Å². The van der Waals surface area contributed by atoms with Crippen molar-refractivity contribution in [3.63, 3.8) is 0 Å². The van der Waals surface area contributed by atoms with Crippen LogP contribution in [-0.2, 0) is 32.1 Å². The normalized spacial score (nSPS) is 20.2. The fourth-order valence-electron chi connectivity index (χ4n) is 6.84. The second-order valence-electron chi connectivity index (χ2n) is 13.5. The van der Waals surface area contributed by atoms with E-state index >= 15 is 0 Å². The lowest BCUT2D eigenvalue weighted by molar-refractivity contribution is -0.140. The maximum Gasteiger partial charge on any atom is 0.254 e. The minimum Gasteiger partial charge on any atom is -0.351 e. The van der Waals surface area contributed by atoms with E-state index in [0.29, 0.717) is 37.1 Å². The Morgan fingerprint density at radius 2 is 1.67 bits per heavy atom. The average molecular weight is 721 g/mol. The first-order chi connectivity index (χ1) is 25.1. The molecule has 0 spiro atoms. The fraction of sp³-hybridized carbons (Fsp3) is 0.350. The van der Waals surface area contributed by atoms with Gasteiger partial charge in [0.1, 0.15) is 6.04 Å². The Bertz CT molecular complexity index is 1940. The molecular formula is C40H44N6O5S. The highest BCUT2D eigenvalue weighted by atomic mass is 32.2. The van der Waals surface area contributed by atoms with E-state index < -0.39 is 6.04 Å². The van der Waals surface area contributed by atoms with Crippen molar-refractivity contribution < 1.29 is 24.0 Å². The Labute approximate surface area is 308 Å². The summed E-state index contributed by atoms with van der Waals surface area (Å²) in [6, 6.07) is 23.7. The first-order valence-electron chi connectivity index (χ1n) is 17.6. The number of nitrogens with one attached hydrogen (secondary N) is 2. The van der Waals surface area contributed by atoms with Crippen LogP contribution < -0.4 is 10.6 Å². The van der Waals surface area contributed by atoms with Crippen LogP contribution in [0.5, 0.6) is 0 Å². The summed E-state index contributed by atoms with van der Waals surface area (Å²) in [6.45, 7) is 0.474. The molecule has 3 atom stereocenters. The first kappa shape index (κ1) is 36.6. The predicted octanol–water partition coefficient (Wildman–Crippen LogP) is 4.05. The number of aryl methyl sites for hydroxylation is 1. The topological polar surface area (TPSA) is 132 Å². The minimum atomic E-state index is -0.920. The summed E-state index contributed by atoms with van der Waals surface area (Å²) < 4.78 is 0. The van der Waals surface area contributed by atoms with Gasteiger partial charge in [0.15, 0.2) is 0 Å². The van der Waals surface area contributed by atoms with Crippen LogP contribution in [0.2, 0.25) is 0 Å². The predicted molar refractivity (Wildman–Crippen MR) is 200 cm³/mol. The number of hydrogen-bond donors (Lipinski definition) is 2. The van der Waals surface area contributed by atoms with Crippen molar-refractivity contribution in [2.45, 2.75) is 61.7 Å². The molecule has 12 heteroatoms. The molecule has 0 radical (unpaired) electrons. The van der Waals surface area contributed by atoms with Gasteiger partial charge in [-0.2, -0.15) is 0 Å². The summed E-state index contributed by atoms with van der Waals surface area (Å²) in [5.74, 6) is -0.738. The smallest absolute Gasteiger partial charge is 0.254 e. The number of fused-ring (bicyclic) bond motifs is 4. The molecule has 5 amide bonds. The molecule has 2 aliphatic heterocycles. The van der Waals surface area contributed by atoms with E-state index in [9.17, 15) is 24.0 Å². The van der Waals surface area contributed by atoms with E-state index in [2.05, 4.69) is 15.6 Å². The first-order valence-corrected chi connectivity index (χ1v) is 18.6. The lowest BCUT2D eigenvalue weighted by atomic mass is 10.1. The molecule has 2 aliphatic rings. The fourth-order valence-corrected chi connectivity index (χ4v) is 7.92. The van der Waals surface area contributed by atoms with Gasteiger partial charge in [0.2, 0.25) is 23.6 Å². The summed E-state index contributed by atoms with van der Waals surface area (Å²) in [5, 5.41) is 8.25. The van der Waals surface area contributed by atoms with Crippen LogP contribution >= 0.6 is 11.8 Å². The quantitative estimate of drug-likeness (QED) is 0.295. The number of rotatable bonds is 7. The highest BCUT2D eigenvalue weighted by Crippen LogP contribution is 2.28. The molecule has 2 bridgehead atoms. The Hall–Kier alpha value is -5.23. The molecule has 0 aliphatic carbocycles. The number of benzene rings is 3. The van der Waals surface area contributed by atoms with Crippen LogP contribution in [0.25, 0.3) is 10.8 Å². The van der Waals surface area contributed by atoms with Gasteiger partial charge in [0, 0.05) is 80.7 Å². The maximum atomic E-state index is 13.8. The van der Waals surface area contributed by atoms with Crippen molar-refractivity contribution in [1.82, 2.24) is 30.3 Å². The molecule has 2 N–H and O–H groups in total. The summed E-state index contributed by atoms with van der Waals surface area (Å²) >= 11 is 1.53. The molecular weight excluding hydrogens is 677 g/mol. The highest BCUT2D eigenvalue weighted by molar-refractivity contribution is 7.99. The van der Waals surface area contributed by atoms with Crippen LogP contribution in [0.1, 0.15) is 47.2 Å². The molecule has 3 aromatic carbocycles. The molecule has 0 saturated carbocycles. The number of pyridine rings is 1. The van der Waals surface area contributed by atoms with E-state index in [1.54, 1.807) is 43.5 Å². The second-order valence-corrected chi connectivity index (χ2v) is 14.6. The minimum absolute atomic E-state index is 0.0368. The summed E-state index contributed by atoms with van der Waals surface area (Å²) in [6.07, 6.45) is 4.94. The second kappa shape index (κ2) is 16.9. The number of amides is 5. The molecule has 1 fully saturated rings. The Morgan fingerprint density at radius 1 is 0.885 bits per heavy atom. The van der Waals surface area contributed by atoms with Crippen molar-refractivity contribution in [1.29, 1.82) is 0 Å². The molecule has 4 aromatic rings. The monoisotopic (exact) mass is 720 g/mol. The van der Waals surface area contributed by atoms with Crippen LogP contribution in [0, 0.1) is 0 Å². The Kier molecular flexibility index (Phi) is 11.9. The third-order valence-electron chi connectivity index (χ3n) is 9.81. The standard InChI is InChI=1S/C40H44N6O5S/c1-44-25-38(49)46-24-32(43-36(47)14-11-27-16-18-41-19-17-27)22-33(46)26-52-34-9-5-8-31(21-34)40(51)45(2)35(13-15-37(44)48)39(50)42-23-28-10-12-29-6-3-4-7-30(29)20-28/h3-10,12,16-21,32-33,35H,11,13-15,22-26H2,1-2H3,(H,42,50)(H,43,47)/t32-,33+,35-/m1/s1.